The van der Waals surface area contributed by atoms with E-state index < -0.39 is 17.8 Å². The highest BCUT2D eigenvalue weighted by atomic mass is 19.1. The highest BCUT2D eigenvalue weighted by Crippen LogP contribution is 2.39. The number of imidazole rings is 1. The smallest absolute Gasteiger partial charge is 0.262 e. The number of anilines is 2. The molecule has 1 aliphatic rings. The Bertz CT molecular complexity index is 1610. The second kappa shape index (κ2) is 7.27. The third-order valence-corrected chi connectivity index (χ3v) is 6.16. The Morgan fingerprint density at radius 1 is 1.29 bits per heavy atom. The van der Waals surface area contributed by atoms with E-state index >= 15 is 4.39 Å². The molecule has 1 amide bonds. The molecule has 5 aromatic rings. The molecule has 2 N–H and O–H groups in total. The van der Waals surface area contributed by atoms with E-state index in [1.165, 1.54) is 17.0 Å². The van der Waals surface area contributed by atoms with Crippen molar-refractivity contribution in [2.45, 2.75) is 13.0 Å². The van der Waals surface area contributed by atoms with Crippen LogP contribution in [0.3, 0.4) is 0 Å². The van der Waals surface area contributed by atoms with E-state index in [9.17, 15) is 4.79 Å². The van der Waals surface area contributed by atoms with E-state index in [1.807, 2.05) is 31.2 Å². The van der Waals surface area contributed by atoms with Crippen molar-refractivity contribution in [2.75, 3.05) is 17.2 Å². The molecule has 0 radical (unpaired) electrons. The Labute approximate surface area is 193 Å². The second-order valence-electron chi connectivity index (χ2n) is 8.28. The average Bonchev–Trinajstić information content (AvgIpc) is 3.53. The molecule has 170 valence electrons. The molecule has 0 bridgehead atoms. The Hall–Kier alpha value is -4.47. The van der Waals surface area contributed by atoms with Crippen LogP contribution in [-0.4, -0.2) is 36.7 Å². The maximum Gasteiger partial charge on any atom is 0.262 e. The zero-order valence-corrected chi connectivity index (χ0v) is 18.4. The van der Waals surface area contributed by atoms with Gasteiger partial charge in [0, 0.05) is 24.9 Å². The average molecular weight is 457 g/mol. The van der Waals surface area contributed by atoms with Crippen LogP contribution in [0, 0.1) is 12.7 Å². The lowest BCUT2D eigenvalue weighted by atomic mass is 10.0. The van der Waals surface area contributed by atoms with Crippen molar-refractivity contribution in [3.8, 4) is 5.75 Å². The van der Waals surface area contributed by atoms with Crippen LogP contribution in [0.15, 0.2) is 55.1 Å². The minimum absolute atomic E-state index is 0.0973. The summed E-state index contributed by atoms with van der Waals surface area (Å²) in [5.74, 6) is -0.262. The topological polar surface area (TPSA) is 104 Å². The Kier molecular flexibility index (Phi) is 4.31. The van der Waals surface area contributed by atoms with E-state index in [1.54, 1.807) is 34.9 Å². The number of ether oxygens (including phenoxy) is 1. The molecule has 1 aliphatic heterocycles. The largest absolute Gasteiger partial charge is 0.491 e. The molecule has 0 saturated heterocycles. The Balaban J connectivity index is 1.54. The molecule has 1 unspecified atom stereocenters. The number of aryl methyl sites for hydroxylation is 2. The van der Waals surface area contributed by atoms with Crippen molar-refractivity contribution >= 4 is 34.0 Å². The molecule has 9 nitrogen and oxygen atoms in total. The van der Waals surface area contributed by atoms with Crippen molar-refractivity contribution in [3.05, 3.63) is 77.8 Å². The highest BCUT2D eigenvalue weighted by Gasteiger charge is 2.36. The number of benzene rings is 2. The molecule has 0 aliphatic carbocycles. The molecule has 1 atom stereocenters. The summed E-state index contributed by atoms with van der Waals surface area (Å²) in [5, 5.41) is 4.22. The SMILES string of the molecule is Cc1ncn2c1c(N)nc1cc(F)c(C(=O)N(c3cnn(C)c3)C3COc4ccccc43)cc12. The first-order chi connectivity index (χ1) is 16.4. The van der Waals surface area contributed by atoms with Gasteiger partial charge in [0.15, 0.2) is 0 Å². The van der Waals surface area contributed by atoms with Gasteiger partial charge in [-0.2, -0.15) is 5.10 Å². The van der Waals surface area contributed by atoms with Gasteiger partial charge in [-0.3, -0.25) is 18.8 Å². The number of hydrogen-bond donors (Lipinski definition) is 1. The van der Waals surface area contributed by atoms with Crippen molar-refractivity contribution in [1.82, 2.24) is 24.1 Å². The summed E-state index contributed by atoms with van der Waals surface area (Å²) in [6.07, 6.45) is 4.89. The van der Waals surface area contributed by atoms with Gasteiger partial charge in [-0.25, -0.2) is 14.4 Å². The van der Waals surface area contributed by atoms with Gasteiger partial charge >= 0.3 is 0 Å². The number of halogens is 1. The van der Waals surface area contributed by atoms with Crippen LogP contribution in [0.1, 0.15) is 27.7 Å². The van der Waals surface area contributed by atoms with E-state index in [2.05, 4.69) is 15.1 Å². The molecule has 4 heterocycles. The second-order valence-corrected chi connectivity index (χ2v) is 8.28. The predicted molar refractivity (Wildman–Crippen MR) is 124 cm³/mol. The number of nitrogen functional groups attached to an aromatic ring is 1. The van der Waals surface area contributed by atoms with Crippen molar-refractivity contribution < 1.29 is 13.9 Å². The number of carbonyl (C=O) groups excluding carboxylic acids is 1. The maximum absolute atomic E-state index is 15.4. The number of carbonyl (C=O) groups is 1. The number of para-hydroxylation sites is 1. The van der Waals surface area contributed by atoms with Gasteiger partial charge in [-0.05, 0) is 19.1 Å². The molecule has 0 spiro atoms. The van der Waals surface area contributed by atoms with E-state index in [0.717, 1.165) is 5.56 Å². The van der Waals surface area contributed by atoms with Gasteiger partial charge in [0.2, 0.25) is 0 Å². The summed E-state index contributed by atoms with van der Waals surface area (Å²) < 4.78 is 24.5. The number of aromatic nitrogens is 5. The first-order valence-electron chi connectivity index (χ1n) is 10.7. The minimum atomic E-state index is -0.693. The summed E-state index contributed by atoms with van der Waals surface area (Å²) in [6, 6.07) is 9.81. The van der Waals surface area contributed by atoms with Gasteiger partial charge in [0.25, 0.3) is 5.91 Å². The van der Waals surface area contributed by atoms with Crippen LogP contribution in [0.5, 0.6) is 5.75 Å². The summed E-state index contributed by atoms with van der Waals surface area (Å²) in [7, 11) is 1.76. The fourth-order valence-electron chi connectivity index (χ4n) is 4.57. The number of amides is 1. The molecule has 10 heteroatoms. The van der Waals surface area contributed by atoms with Crippen LogP contribution in [0.2, 0.25) is 0 Å². The quantitative estimate of drug-likeness (QED) is 0.445. The van der Waals surface area contributed by atoms with Gasteiger partial charge in [0.05, 0.1) is 40.2 Å². The first kappa shape index (κ1) is 20.2. The molecule has 3 aromatic heterocycles. The Morgan fingerprint density at radius 2 is 2.12 bits per heavy atom. The van der Waals surface area contributed by atoms with Crippen LogP contribution >= 0.6 is 0 Å². The number of hydrogen-bond acceptors (Lipinski definition) is 6. The van der Waals surface area contributed by atoms with E-state index in [4.69, 9.17) is 10.5 Å². The third kappa shape index (κ3) is 2.92. The summed E-state index contributed by atoms with van der Waals surface area (Å²) in [6.45, 7) is 2.06. The molecule has 34 heavy (non-hydrogen) atoms. The molecule has 0 fully saturated rings. The molecule has 6 rings (SSSR count). The fourth-order valence-corrected chi connectivity index (χ4v) is 4.57. The Morgan fingerprint density at radius 3 is 2.91 bits per heavy atom. The molecule has 2 aromatic carbocycles. The number of fused-ring (bicyclic) bond motifs is 4. The van der Waals surface area contributed by atoms with Gasteiger partial charge in [-0.1, -0.05) is 18.2 Å². The summed E-state index contributed by atoms with van der Waals surface area (Å²) >= 11 is 0. The van der Waals surface area contributed by atoms with Gasteiger partial charge in [0.1, 0.15) is 35.8 Å². The normalized spacial score (nSPS) is 15.0. The van der Waals surface area contributed by atoms with E-state index in [-0.39, 0.29) is 18.0 Å². The molecule has 0 saturated carbocycles. The van der Waals surface area contributed by atoms with Crippen molar-refractivity contribution in [2.24, 2.45) is 7.05 Å². The lowest BCUT2D eigenvalue weighted by molar-refractivity contribution is 0.0968. The lowest BCUT2D eigenvalue weighted by Gasteiger charge is -2.27. The van der Waals surface area contributed by atoms with Gasteiger partial charge < -0.3 is 10.5 Å². The predicted octanol–water partition coefficient (Wildman–Crippen LogP) is 3.43. The minimum Gasteiger partial charge on any atom is -0.491 e. The van der Waals surface area contributed by atoms with Gasteiger partial charge in [-0.15, -0.1) is 0 Å². The summed E-state index contributed by atoms with van der Waals surface area (Å²) in [5.41, 5.74) is 9.55. The molecular weight excluding hydrogens is 437 g/mol. The van der Waals surface area contributed by atoms with Crippen LogP contribution in [0.25, 0.3) is 16.6 Å². The van der Waals surface area contributed by atoms with Crippen molar-refractivity contribution in [1.29, 1.82) is 0 Å². The summed E-state index contributed by atoms with van der Waals surface area (Å²) in [4.78, 5) is 24.1. The van der Waals surface area contributed by atoms with Crippen LogP contribution in [0.4, 0.5) is 15.9 Å². The zero-order valence-electron chi connectivity index (χ0n) is 18.4. The lowest BCUT2D eigenvalue weighted by Crippen LogP contribution is -2.36. The first-order valence-corrected chi connectivity index (χ1v) is 10.7. The maximum atomic E-state index is 15.4. The zero-order chi connectivity index (χ0) is 23.6. The third-order valence-electron chi connectivity index (χ3n) is 6.16. The number of nitrogens with two attached hydrogens (primary N) is 1. The molecular formula is C24H20FN7O2. The monoisotopic (exact) mass is 457 g/mol. The fraction of sp³-hybridized carbons (Fsp3) is 0.167. The van der Waals surface area contributed by atoms with Crippen LogP contribution in [-0.2, 0) is 7.05 Å². The number of nitrogens with zero attached hydrogens (tertiary/aromatic N) is 6. The number of rotatable bonds is 3. The van der Waals surface area contributed by atoms with Crippen LogP contribution < -0.4 is 15.4 Å². The highest BCUT2D eigenvalue weighted by molar-refractivity contribution is 6.08. The standard InChI is InChI=1S/C24H20FN7O2/c1-13-22-23(26)29-18-8-17(25)16(7-19(18)31(22)12-27-13)24(33)32(14-9-28-30(2)10-14)20-11-34-21-6-4-3-5-15(20)21/h3-10,12,20H,11H2,1-2H3,(H2,26,29). The van der Waals surface area contributed by atoms with Crippen molar-refractivity contribution in [3.63, 3.8) is 0 Å². The van der Waals surface area contributed by atoms with E-state index in [0.29, 0.717) is 33.7 Å².